The van der Waals surface area contributed by atoms with Crippen molar-refractivity contribution in [2.45, 2.75) is 59.4 Å². The average Bonchev–Trinajstić information content (AvgIpc) is 2.62. The lowest BCUT2D eigenvalue weighted by molar-refractivity contribution is 0.222. The largest absolute Gasteiger partial charge is 0.327 e. The van der Waals surface area contributed by atoms with Crippen molar-refractivity contribution in [1.82, 2.24) is 4.90 Å². The number of hydrogen-bond acceptors (Lipinski definition) is 2. The lowest BCUT2D eigenvalue weighted by Gasteiger charge is -2.27. The molecular weight excluding hydrogens is 196 g/mol. The molecule has 2 N–H and O–H groups in total. The summed E-state index contributed by atoms with van der Waals surface area (Å²) < 4.78 is 0. The van der Waals surface area contributed by atoms with Crippen LogP contribution in [0.4, 0.5) is 0 Å². The van der Waals surface area contributed by atoms with E-state index in [4.69, 9.17) is 5.73 Å². The van der Waals surface area contributed by atoms with Crippen LogP contribution in [0.5, 0.6) is 0 Å². The van der Waals surface area contributed by atoms with Crippen LogP contribution >= 0.6 is 0 Å². The number of nitrogens with two attached hydrogens (primary N) is 1. The van der Waals surface area contributed by atoms with Crippen LogP contribution in [-0.2, 0) is 0 Å². The molecule has 0 bridgehead atoms. The van der Waals surface area contributed by atoms with Crippen LogP contribution in [0.3, 0.4) is 0 Å². The third kappa shape index (κ3) is 4.42. The Morgan fingerprint density at radius 2 is 2.06 bits per heavy atom. The molecule has 0 amide bonds. The zero-order chi connectivity index (χ0) is 12.2. The summed E-state index contributed by atoms with van der Waals surface area (Å²) in [4.78, 5) is 2.57. The third-order valence-corrected chi connectivity index (χ3v) is 3.92. The maximum Gasteiger partial charge on any atom is 0.0167 e. The Balaban J connectivity index is 2.26. The highest BCUT2D eigenvalue weighted by Gasteiger charge is 2.31. The predicted molar refractivity (Wildman–Crippen MR) is 71.5 cm³/mol. The zero-order valence-electron chi connectivity index (χ0n) is 11.6. The molecule has 1 rings (SSSR count). The van der Waals surface area contributed by atoms with Gasteiger partial charge in [0.05, 0.1) is 0 Å². The molecule has 1 heterocycles. The molecule has 1 aliphatic rings. The van der Waals surface area contributed by atoms with Gasteiger partial charge in [-0.15, -0.1) is 0 Å². The lowest BCUT2D eigenvalue weighted by Crippen LogP contribution is -2.37. The quantitative estimate of drug-likeness (QED) is 0.781. The summed E-state index contributed by atoms with van der Waals surface area (Å²) in [6.45, 7) is 12.9. The molecule has 0 radical (unpaired) electrons. The van der Waals surface area contributed by atoms with Gasteiger partial charge in [0.15, 0.2) is 0 Å². The summed E-state index contributed by atoms with van der Waals surface area (Å²) >= 11 is 0. The molecule has 0 aromatic heterocycles. The van der Waals surface area contributed by atoms with Crippen LogP contribution in [-0.4, -0.2) is 30.6 Å². The van der Waals surface area contributed by atoms with Crippen LogP contribution in [0.15, 0.2) is 0 Å². The fraction of sp³-hybridized carbons (Fsp3) is 1.00. The van der Waals surface area contributed by atoms with E-state index >= 15 is 0 Å². The van der Waals surface area contributed by atoms with Gasteiger partial charge in [-0.2, -0.15) is 0 Å². The summed E-state index contributed by atoms with van der Waals surface area (Å²) in [5.74, 6) is 0.853. The number of hydrogen-bond donors (Lipinski definition) is 1. The highest BCUT2D eigenvalue weighted by Crippen LogP contribution is 2.33. The van der Waals surface area contributed by atoms with Crippen LogP contribution in [0.1, 0.15) is 53.4 Å². The first-order valence-corrected chi connectivity index (χ1v) is 6.91. The molecule has 2 unspecified atom stereocenters. The van der Waals surface area contributed by atoms with Gasteiger partial charge in [0, 0.05) is 19.1 Å². The number of unbranched alkanes of at least 4 members (excludes halogenated alkanes) is 1. The summed E-state index contributed by atoms with van der Waals surface area (Å²) in [7, 11) is 0. The van der Waals surface area contributed by atoms with Gasteiger partial charge >= 0.3 is 0 Å². The normalized spacial score (nSPS) is 24.9. The second kappa shape index (κ2) is 6.02. The van der Waals surface area contributed by atoms with E-state index < -0.39 is 0 Å². The first-order chi connectivity index (χ1) is 7.43. The molecule has 16 heavy (non-hydrogen) atoms. The standard InChI is InChI=1S/C14H30N2/c1-5-6-7-13(15)11-16-9-8-12(10-16)14(2,3)4/h12-13H,5-11,15H2,1-4H3. The molecule has 2 heteroatoms. The molecule has 96 valence electrons. The van der Waals surface area contributed by atoms with Crippen LogP contribution in [0.25, 0.3) is 0 Å². The Hall–Kier alpha value is -0.0800. The molecule has 1 fully saturated rings. The van der Waals surface area contributed by atoms with Gasteiger partial charge in [-0.25, -0.2) is 0 Å². The minimum atomic E-state index is 0.388. The highest BCUT2D eigenvalue weighted by atomic mass is 15.2. The van der Waals surface area contributed by atoms with E-state index in [1.807, 2.05) is 0 Å². The van der Waals surface area contributed by atoms with Gasteiger partial charge in [-0.3, -0.25) is 0 Å². The maximum atomic E-state index is 6.15. The van der Waals surface area contributed by atoms with Gasteiger partial charge in [-0.05, 0) is 30.7 Å². The van der Waals surface area contributed by atoms with Crippen molar-refractivity contribution in [3.63, 3.8) is 0 Å². The van der Waals surface area contributed by atoms with Gasteiger partial charge < -0.3 is 10.6 Å². The molecule has 1 saturated heterocycles. The Labute approximate surface area is 102 Å². The topological polar surface area (TPSA) is 29.3 Å². The summed E-state index contributed by atoms with van der Waals surface area (Å²) in [6, 6.07) is 0.388. The van der Waals surface area contributed by atoms with Crippen molar-refractivity contribution in [2.24, 2.45) is 17.1 Å². The van der Waals surface area contributed by atoms with Crippen LogP contribution in [0.2, 0.25) is 0 Å². The minimum Gasteiger partial charge on any atom is -0.327 e. The van der Waals surface area contributed by atoms with E-state index in [0.717, 1.165) is 12.5 Å². The van der Waals surface area contributed by atoms with E-state index in [2.05, 4.69) is 32.6 Å². The van der Waals surface area contributed by atoms with E-state index in [0.29, 0.717) is 11.5 Å². The summed E-state index contributed by atoms with van der Waals surface area (Å²) in [6.07, 6.45) is 5.08. The first-order valence-electron chi connectivity index (χ1n) is 6.91. The molecule has 2 atom stereocenters. The number of rotatable bonds is 5. The van der Waals surface area contributed by atoms with E-state index in [1.54, 1.807) is 0 Å². The van der Waals surface area contributed by atoms with Crippen molar-refractivity contribution in [2.75, 3.05) is 19.6 Å². The molecule has 0 saturated carbocycles. The predicted octanol–water partition coefficient (Wildman–Crippen LogP) is 2.87. The van der Waals surface area contributed by atoms with Crippen molar-refractivity contribution in [3.05, 3.63) is 0 Å². The molecular formula is C14H30N2. The Bertz CT molecular complexity index is 195. The van der Waals surface area contributed by atoms with Crippen LogP contribution < -0.4 is 5.73 Å². The lowest BCUT2D eigenvalue weighted by atomic mass is 9.80. The van der Waals surface area contributed by atoms with Crippen molar-refractivity contribution < 1.29 is 0 Å². The second-order valence-corrected chi connectivity index (χ2v) is 6.51. The van der Waals surface area contributed by atoms with Gasteiger partial charge in [0.1, 0.15) is 0 Å². The third-order valence-electron chi connectivity index (χ3n) is 3.92. The molecule has 2 nitrogen and oxygen atoms in total. The Morgan fingerprint density at radius 3 is 2.56 bits per heavy atom. The maximum absolute atomic E-state index is 6.15. The van der Waals surface area contributed by atoms with E-state index in [9.17, 15) is 0 Å². The minimum absolute atomic E-state index is 0.388. The van der Waals surface area contributed by atoms with Crippen molar-refractivity contribution >= 4 is 0 Å². The first kappa shape index (κ1) is 14.0. The number of likely N-dealkylation sites (tertiary alicyclic amines) is 1. The van der Waals surface area contributed by atoms with E-state index in [-0.39, 0.29) is 0 Å². The zero-order valence-corrected chi connectivity index (χ0v) is 11.6. The van der Waals surface area contributed by atoms with Crippen molar-refractivity contribution in [3.8, 4) is 0 Å². The summed E-state index contributed by atoms with van der Waals surface area (Å²) in [5.41, 5.74) is 6.61. The fourth-order valence-corrected chi connectivity index (χ4v) is 2.59. The average molecular weight is 226 g/mol. The van der Waals surface area contributed by atoms with Gasteiger partial charge in [0.25, 0.3) is 0 Å². The SMILES string of the molecule is CCCCC(N)CN1CCC(C(C)(C)C)C1. The molecule has 0 aromatic carbocycles. The van der Waals surface area contributed by atoms with Crippen LogP contribution in [0, 0.1) is 11.3 Å². The number of nitrogens with zero attached hydrogens (tertiary/aromatic N) is 1. The summed E-state index contributed by atoms with van der Waals surface area (Å²) in [5, 5.41) is 0. The smallest absolute Gasteiger partial charge is 0.0167 e. The molecule has 0 aromatic rings. The van der Waals surface area contributed by atoms with Gasteiger partial charge in [-0.1, -0.05) is 40.5 Å². The second-order valence-electron chi connectivity index (χ2n) is 6.51. The highest BCUT2D eigenvalue weighted by molar-refractivity contribution is 4.85. The van der Waals surface area contributed by atoms with Gasteiger partial charge in [0.2, 0.25) is 0 Å². The molecule has 0 aliphatic carbocycles. The Morgan fingerprint density at radius 1 is 1.38 bits per heavy atom. The molecule has 1 aliphatic heterocycles. The van der Waals surface area contributed by atoms with Crippen molar-refractivity contribution in [1.29, 1.82) is 0 Å². The van der Waals surface area contributed by atoms with E-state index in [1.165, 1.54) is 38.8 Å². The Kier molecular flexibility index (Phi) is 5.26. The fourth-order valence-electron chi connectivity index (χ4n) is 2.59. The monoisotopic (exact) mass is 226 g/mol. The molecule has 0 spiro atoms.